The molecule has 0 aromatic carbocycles. The maximum absolute atomic E-state index is 13.1. The number of unbranched alkanes of at least 4 members (excludes halogenated alkanes) is 14. The van der Waals surface area contributed by atoms with Crippen molar-refractivity contribution in [3.8, 4) is 6.57 Å². The highest BCUT2D eigenvalue weighted by Gasteiger charge is 2.53. The largest absolute Gasteiger partial charge is 0.479 e. The lowest BCUT2D eigenvalue weighted by Crippen LogP contribution is -2.62. The Kier molecular flexibility index (Phi) is 33.7. The summed E-state index contributed by atoms with van der Waals surface area (Å²) in [5, 5.41) is 93.9. The van der Waals surface area contributed by atoms with E-state index < -0.39 is 85.5 Å². The lowest BCUT2D eigenvalue weighted by molar-refractivity contribution is -0.242. The Bertz CT molecular complexity index is 1330. The van der Waals surface area contributed by atoms with Gasteiger partial charge in [0.1, 0.15) is 54.3 Å². The van der Waals surface area contributed by atoms with Crippen LogP contribution in [0.2, 0.25) is 0 Å². The average molecular weight is 958 g/mol. The van der Waals surface area contributed by atoms with E-state index in [0.717, 1.165) is 71.3 Å². The van der Waals surface area contributed by atoms with Crippen LogP contribution in [0.25, 0.3) is 0 Å². The van der Waals surface area contributed by atoms with Gasteiger partial charge in [-0.1, -0.05) is 156 Å². The fraction of sp³-hybridized carbons (Fsp3) is 0.923. The van der Waals surface area contributed by atoms with Crippen molar-refractivity contribution in [2.45, 2.75) is 256 Å². The molecule has 0 aromatic rings. The Morgan fingerprint density at radius 1 is 0.507 bits per heavy atom. The molecular formula is C52H95NO14. The van der Waals surface area contributed by atoms with Crippen molar-refractivity contribution in [3.63, 3.8) is 0 Å². The van der Waals surface area contributed by atoms with Crippen molar-refractivity contribution >= 4 is 17.5 Å². The van der Waals surface area contributed by atoms with Crippen LogP contribution in [0.15, 0.2) is 0 Å². The van der Waals surface area contributed by atoms with Gasteiger partial charge in [0.2, 0.25) is 0 Å². The maximum Gasteiger partial charge on any atom is 0.335 e. The fourth-order valence-corrected chi connectivity index (χ4v) is 11.1. The molecule has 392 valence electrons. The van der Waals surface area contributed by atoms with Crippen molar-refractivity contribution in [2.24, 2.45) is 35.5 Å². The molecule has 4 aliphatic rings. The number of nitrogens with zero attached hydrogens (tertiary/aromatic N) is 1. The van der Waals surface area contributed by atoms with Crippen LogP contribution in [0.5, 0.6) is 0 Å². The first-order valence-corrected chi connectivity index (χ1v) is 26.2. The molecule has 0 bridgehead atoms. The molecule has 2 aliphatic heterocycles. The number of rotatable bonds is 26. The van der Waals surface area contributed by atoms with E-state index >= 15 is 0 Å². The number of carboxylic acids is 1. The molecule has 2 saturated carbocycles. The first-order chi connectivity index (χ1) is 32.2. The van der Waals surface area contributed by atoms with Gasteiger partial charge in [-0.3, -0.25) is 9.59 Å². The minimum Gasteiger partial charge on any atom is -0.479 e. The molecule has 2 heterocycles. The zero-order valence-electron chi connectivity index (χ0n) is 41.9. The molecule has 67 heavy (non-hydrogen) atoms. The smallest absolute Gasteiger partial charge is 0.335 e. The number of aliphatic hydroxyl groups is 8. The number of carbonyl (C=O) groups excluding carboxylic acids is 2. The van der Waals surface area contributed by atoms with Crippen molar-refractivity contribution < 1.29 is 69.8 Å². The molecule has 16 atom stereocenters. The number of ketones is 2. The van der Waals surface area contributed by atoms with E-state index in [-0.39, 0.29) is 11.6 Å². The first-order valence-electron chi connectivity index (χ1n) is 26.2. The highest BCUT2D eigenvalue weighted by molar-refractivity contribution is 5.83. The van der Waals surface area contributed by atoms with Gasteiger partial charge in [0, 0.05) is 38.4 Å². The van der Waals surface area contributed by atoms with Crippen molar-refractivity contribution in [1.29, 1.82) is 5.26 Å². The van der Waals surface area contributed by atoms with E-state index in [1.807, 2.05) is 0 Å². The molecule has 0 radical (unpaired) electrons. The van der Waals surface area contributed by atoms with Crippen molar-refractivity contribution in [1.82, 2.24) is 0 Å². The molecule has 2 aliphatic carbocycles. The lowest BCUT2D eigenvalue weighted by Gasteiger charge is -2.46. The summed E-state index contributed by atoms with van der Waals surface area (Å²) < 4.78 is 11.3. The second-order valence-electron chi connectivity index (χ2n) is 19.8. The summed E-state index contributed by atoms with van der Waals surface area (Å²) in [5.41, 5.74) is 0. The van der Waals surface area contributed by atoms with E-state index in [0.29, 0.717) is 49.4 Å². The standard InChI is InChI=1S/C25H44O7.C25H46O6.CHN.CH4O/c1-3-5-7-9-11-13-17-15-19(26)18(14-16(17)12-10-8-6-4-2)23-21(28)20(27)22(29)24(32-23)25(30)31;1-3-5-7-9-11-13-18-15-20(27)19(14-17(18)12-10-8-6-4-2)25-24(30)23(29)22(28)21(16-26)31-25;2*1-2/h16-18,20-24,27-29H,3-15H2,1-2H3,(H,30,31);17-19,21-26,28-30H,3-16H2,1-2H3;1H;2H,1H3. The third kappa shape index (κ3) is 20.3. The summed E-state index contributed by atoms with van der Waals surface area (Å²) >= 11 is 0. The predicted octanol–water partition coefficient (Wildman–Crippen LogP) is 6.58. The number of nitriles is 1. The van der Waals surface area contributed by atoms with Gasteiger partial charge in [-0.2, -0.15) is 0 Å². The summed E-state index contributed by atoms with van der Waals surface area (Å²) in [6.45, 7) is 11.8. The molecule has 16 unspecified atom stereocenters. The van der Waals surface area contributed by atoms with Gasteiger partial charge in [-0.25, -0.2) is 10.1 Å². The average Bonchev–Trinajstić information content (AvgIpc) is 3.33. The van der Waals surface area contributed by atoms with Crippen LogP contribution >= 0.6 is 0 Å². The lowest BCUT2D eigenvalue weighted by atomic mass is 9.67. The molecule has 15 nitrogen and oxygen atoms in total. The van der Waals surface area contributed by atoms with E-state index in [2.05, 4.69) is 34.3 Å². The third-order valence-electron chi connectivity index (χ3n) is 15.0. The number of Topliss-reactive ketones (excluding diaryl/α,β-unsaturated/α-hetero) is 2. The van der Waals surface area contributed by atoms with E-state index in [9.17, 15) is 55.2 Å². The molecular weight excluding hydrogens is 863 g/mol. The predicted molar refractivity (Wildman–Crippen MR) is 257 cm³/mol. The SMILES string of the molecule is C#N.CCCCCCCC1CC(=O)C(C2OC(C(=O)O)C(O)C(O)C2O)CC1CCCCCC.CCCCCCCC1CC(=O)C(C2OC(CO)C(O)C(O)C2O)CC1CCCCCC.CO. The number of hydrogen-bond acceptors (Lipinski definition) is 14. The topological polar surface area (TPSA) is 276 Å². The molecule has 15 heteroatoms. The number of carboxylic acid groups (broad SMARTS) is 1. The molecule has 9 N–H and O–H groups in total. The monoisotopic (exact) mass is 958 g/mol. The summed E-state index contributed by atoms with van der Waals surface area (Å²) in [6, 6.07) is 0. The minimum absolute atomic E-state index is 0.0230. The van der Waals surface area contributed by atoms with Gasteiger partial charge in [0.15, 0.2) is 6.10 Å². The normalized spacial score (nSPS) is 34.1. The molecule has 0 amide bonds. The van der Waals surface area contributed by atoms with Crippen LogP contribution in [0, 0.1) is 47.3 Å². The molecule has 2 saturated heterocycles. The van der Waals surface area contributed by atoms with Crippen LogP contribution in [0.1, 0.15) is 195 Å². The molecule has 4 fully saturated rings. The molecule has 4 rings (SSSR count). The van der Waals surface area contributed by atoms with Gasteiger partial charge < -0.3 is 55.4 Å². The van der Waals surface area contributed by atoms with Crippen molar-refractivity contribution in [3.05, 3.63) is 0 Å². The highest BCUT2D eigenvalue weighted by Crippen LogP contribution is 2.44. The number of hydrogen-bond donors (Lipinski definition) is 9. The Balaban J connectivity index is 0.000000624. The Hall–Kier alpha value is -2.10. The number of carbonyl (C=O) groups is 3. The minimum atomic E-state index is -1.72. The van der Waals surface area contributed by atoms with Crippen molar-refractivity contribution in [2.75, 3.05) is 13.7 Å². The molecule has 0 spiro atoms. The van der Waals surface area contributed by atoms with Gasteiger partial charge in [-0.05, 0) is 49.4 Å². The summed E-state index contributed by atoms with van der Waals surface area (Å²) in [6.07, 6.45) is 14.2. The van der Waals surface area contributed by atoms with Crippen LogP contribution in [0.4, 0.5) is 0 Å². The third-order valence-corrected chi connectivity index (χ3v) is 15.0. The Morgan fingerprint density at radius 3 is 1.19 bits per heavy atom. The summed E-state index contributed by atoms with van der Waals surface area (Å²) in [5.74, 6) is -1.04. The number of ether oxygens (including phenoxy) is 2. The van der Waals surface area contributed by atoms with E-state index in [1.54, 1.807) is 0 Å². The quantitative estimate of drug-likeness (QED) is 0.0414. The fourth-order valence-electron chi connectivity index (χ4n) is 11.1. The van der Waals surface area contributed by atoms with E-state index in [1.165, 1.54) is 77.0 Å². The van der Waals surface area contributed by atoms with E-state index in [4.69, 9.17) is 19.8 Å². The zero-order valence-corrected chi connectivity index (χ0v) is 41.9. The van der Waals surface area contributed by atoms with Crippen LogP contribution in [-0.4, -0.2) is 138 Å². The number of aliphatic hydroxyl groups excluding tert-OH is 8. The second kappa shape index (κ2) is 35.9. The highest BCUT2D eigenvalue weighted by atomic mass is 16.6. The van der Waals surface area contributed by atoms with Gasteiger partial charge in [-0.15, -0.1) is 0 Å². The molecule has 0 aromatic heterocycles. The number of aliphatic carboxylic acids is 1. The summed E-state index contributed by atoms with van der Waals surface area (Å²) in [7, 11) is 1.00. The van der Waals surface area contributed by atoms with Gasteiger partial charge in [0.05, 0.1) is 18.8 Å². The maximum atomic E-state index is 13.1. The second-order valence-corrected chi connectivity index (χ2v) is 19.8. The Labute approximate surface area is 403 Å². The summed E-state index contributed by atoms with van der Waals surface area (Å²) in [4.78, 5) is 37.7. The zero-order chi connectivity index (χ0) is 50.5. The van der Waals surface area contributed by atoms with Gasteiger partial charge in [0.25, 0.3) is 0 Å². The van der Waals surface area contributed by atoms with Gasteiger partial charge >= 0.3 is 5.97 Å². The van der Waals surface area contributed by atoms with Crippen LogP contribution in [-0.2, 0) is 23.9 Å². The first kappa shape index (κ1) is 62.9. The Morgan fingerprint density at radius 2 is 0.836 bits per heavy atom. The van der Waals surface area contributed by atoms with Crippen LogP contribution in [0.3, 0.4) is 0 Å². The van der Waals surface area contributed by atoms with Crippen LogP contribution < -0.4 is 0 Å².